The molecule has 1 aromatic carbocycles. The number of hydrogen-bond acceptors (Lipinski definition) is 3. The Labute approximate surface area is 111 Å². The fourth-order valence-corrected chi connectivity index (χ4v) is 1.58. The summed E-state index contributed by atoms with van der Waals surface area (Å²) in [6.07, 6.45) is 1.68. The van der Waals surface area contributed by atoms with E-state index in [2.05, 4.69) is 0 Å². The molecular weight excluding hydrogens is 256 g/mol. The molecule has 0 fully saturated rings. The van der Waals surface area contributed by atoms with Gasteiger partial charge in [-0.25, -0.2) is 4.79 Å². The van der Waals surface area contributed by atoms with Crippen LogP contribution in [-0.2, 0) is 0 Å². The van der Waals surface area contributed by atoms with Crippen LogP contribution in [0.15, 0.2) is 12.1 Å². The number of carbonyl (C=O) groups is 1. The number of halogens is 1. The van der Waals surface area contributed by atoms with E-state index in [1.54, 1.807) is 0 Å². The van der Waals surface area contributed by atoms with Gasteiger partial charge in [-0.3, -0.25) is 0 Å². The predicted molar refractivity (Wildman–Crippen MR) is 70.0 cm³/mol. The number of carboxylic acids is 1. The van der Waals surface area contributed by atoms with Crippen LogP contribution in [0.1, 0.15) is 37.0 Å². The zero-order valence-electron chi connectivity index (χ0n) is 10.5. The van der Waals surface area contributed by atoms with Crippen LogP contribution in [0.4, 0.5) is 0 Å². The summed E-state index contributed by atoms with van der Waals surface area (Å²) in [6, 6.07) is 2.90. The topological polar surface area (TPSA) is 55.8 Å². The molecule has 0 saturated heterocycles. The van der Waals surface area contributed by atoms with Gasteiger partial charge in [0.1, 0.15) is 0 Å². The molecule has 0 saturated carbocycles. The molecular formula is C13H17ClO4. The third-order valence-corrected chi connectivity index (χ3v) is 2.50. The van der Waals surface area contributed by atoms with Crippen molar-refractivity contribution >= 4 is 17.6 Å². The van der Waals surface area contributed by atoms with E-state index in [4.69, 9.17) is 26.2 Å². The molecule has 18 heavy (non-hydrogen) atoms. The SMILES string of the molecule is CCCOc1cc(Cl)c(C(=O)O)cc1OCCC. The molecule has 0 aliphatic carbocycles. The Hall–Kier alpha value is -1.42. The molecule has 0 aliphatic heterocycles. The smallest absolute Gasteiger partial charge is 0.337 e. The average molecular weight is 273 g/mol. The molecule has 0 spiro atoms. The highest BCUT2D eigenvalue weighted by Gasteiger charge is 2.15. The number of carboxylic acid groups (broad SMARTS) is 1. The molecule has 0 aliphatic rings. The maximum Gasteiger partial charge on any atom is 0.337 e. The van der Waals surface area contributed by atoms with Crippen molar-refractivity contribution in [1.29, 1.82) is 0 Å². The average Bonchev–Trinajstić information content (AvgIpc) is 2.34. The molecule has 1 N–H and O–H groups in total. The van der Waals surface area contributed by atoms with Crippen molar-refractivity contribution < 1.29 is 19.4 Å². The number of rotatable bonds is 7. The van der Waals surface area contributed by atoms with Crippen LogP contribution in [0, 0.1) is 0 Å². The van der Waals surface area contributed by atoms with Gasteiger partial charge in [-0.15, -0.1) is 0 Å². The van der Waals surface area contributed by atoms with Crippen molar-refractivity contribution in [2.24, 2.45) is 0 Å². The molecule has 0 unspecified atom stereocenters. The second kappa shape index (κ2) is 7.11. The fourth-order valence-electron chi connectivity index (χ4n) is 1.35. The van der Waals surface area contributed by atoms with E-state index in [1.807, 2.05) is 13.8 Å². The van der Waals surface area contributed by atoms with Crippen LogP contribution in [0.5, 0.6) is 11.5 Å². The van der Waals surface area contributed by atoms with Crippen molar-refractivity contribution in [2.75, 3.05) is 13.2 Å². The summed E-state index contributed by atoms with van der Waals surface area (Å²) in [4.78, 5) is 11.0. The first-order chi connectivity index (χ1) is 8.60. The molecule has 0 amide bonds. The molecule has 0 radical (unpaired) electrons. The minimum absolute atomic E-state index is 0.0200. The van der Waals surface area contributed by atoms with Crippen LogP contribution >= 0.6 is 11.6 Å². The maximum absolute atomic E-state index is 11.0. The van der Waals surface area contributed by atoms with E-state index in [-0.39, 0.29) is 10.6 Å². The van der Waals surface area contributed by atoms with Crippen molar-refractivity contribution in [3.8, 4) is 11.5 Å². The molecule has 1 aromatic rings. The number of ether oxygens (including phenoxy) is 2. The molecule has 0 aromatic heterocycles. The molecule has 100 valence electrons. The lowest BCUT2D eigenvalue weighted by molar-refractivity contribution is 0.0696. The zero-order valence-corrected chi connectivity index (χ0v) is 11.3. The Morgan fingerprint density at radius 2 is 1.67 bits per heavy atom. The lowest BCUT2D eigenvalue weighted by Gasteiger charge is -2.13. The monoisotopic (exact) mass is 272 g/mol. The Bertz CT molecular complexity index is 418. The zero-order chi connectivity index (χ0) is 13.5. The van der Waals surface area contributed by atoms with Crippen molar-refractivity contribution in [3.63, 3.8) is 0 Å². The summed E-state index contributed by atoms with van der Waals surface area (Å²) in [5.74, 6) is -0.171. The second-order valence-electron chi connectivity index (χ2n) is 3.78. The van der Waals surface area contributed by atoms with Gasteiger partial charge in [-0.05, 0) is 12.8 Å². The second-order valence-corrected chi connectivity index (χ2v) is 4.19. The lowest BCUT2D eigenvalue weighted by Crippen LogP contribution is -2.04. The highest BCUT2D eigenvalue weighted by Crippen LogP contribution is 2.33. The molecule has 5 heteroatoms. The Morgan fingerprint density at radius 1 is 1.17 bits per heavy atom. The number of hydrogen-bond donors (Lipinski definition) is 1. The van der Waals surface area contributed by atoms with E-state index < -0.39 is 5.97 Å². The van der Waals surface area contributed by atoms with Gasteiger partial charge >= 0.3 is 5.97 Å². The van der Waals surface area contributed by atoms with Crippen LogP contribution < -0.4 is 9.47 Å². The van der Waals surface area contributed by atoms with Crippen LogP contribution in [0.3, 0.4) is 0 Å². The van der Waals surface area contributed by atoms with E-state index in [0.717, 1.165) is 12.8 Å². The number of benzene rings is 1. The largest absolute Gasteiger partial charge is 0.490 e. The van der Waals surface area contributed by atoms with Gasteiger partial charge in [0, 0.05) is 12.1 Å². The van der Waals surface area contributed by atoms with E-state index in [1.165, 1.54) is 12.1 Å². The van der Waals surface area contributed by atoms with Crippen molar-refractivity contribution in [3.05, 3.63) is 22.7 Å². The molecule has 0 heterocycles. The first-order valence-electron chi connectivity index (χ1n) is 5.92. The van der Waals surface area contributed by atoms with E-state index in [9.17, 15) is 4.79 Å². The minimum Gasteiger partial charge on any atom is -0.490 e. The van der Waals surface area contributed by atoms with Crippen LogP contribution in [-0.4, -0.2) is 24.3 Å². The van der Waals surface area contributed by atoms with Crippen molar-refractivity contribution in [1.82, 2.24) is 0 Å². The maximum atomic E-state index is 11.0. The standard InChI is InChI=1S/C13H17ClO4/c1-3-5-17-11-7-9(13(15)16)10(14)8-12(11)18-6-4-2/h7-8H,3-6H2,1-2H3,(H,15,16). The summed E-state index contributed by atoms with van der Waals surface area (Å²) in [5, 5.41) is 9.15. The Kier molecular flexibility index (Phi) is 5.78. The van der Waals surface area contributed by atoms with E-state index in [0.29, 0.717) is 24.7 Å². The molecule has 4 nitrogen and oxygen atoms in total. The summed E-state index contributed by atoms with van der Waals surface area (Å²) >= 11 is 5.89. The minimum atomic E-state index is -1.08. The third-order valence-electron chi connectivity index (χ3n) is 2.19. The molecule has 0 atom stereocenters. The lowest BCUT2D eigenvalue weighted by atomic mass is 10.2. The van der Waals surface area contributed by atoms with Gasteiger partial charge in [-0.1, -0.05) is 25.4 Å². The summed E-state index contributed by atoms with van der Waals surface area (Å²) in [6.45, 7) is 4.99. The van der Waals surface area contributed by atoms with Crippen LogP contribution in [0.25, 0.3) is 0 Å². The third kappa shape index (κ3) is 3.81. The van der Waals surface area contributed by atoms with Gasteiger partial charge in [0.25, 0.3) is 0 Å². The van der Waals surface area contributed by atoms with Gasteiger partial charge in [-0.2, -0.15) is 0 Å². The van der Waals surface area contributed by atoms with E-state index >= 15 is 0 Å². The Morgan fingerprint density at radius 3 is 2.11 bits per heavy atom. The summed E-state index contributed by atoms with van der Waals surface area (Å²) in [7, 11) is 0. The highest BCUT2D eigenvalue weighted by molar-refractivity contribution is 6.33. The molecule has 0 bridgehead atoms. The summed E-state index contributed by atoms with van der Waals surface area (Å²) < 4.78 is 11.0. The summed E-state index contributed by atoms with van der Waals surface area (Å²) in [5.41, 5.74) is 0.0200. The van der Waals surface area contributed by atoms with Gasteiger partial charge in [0.15, 0.2) is 11.5 Å². The molecule has 1 rings (SSSR count). The van der Waals surface area contributed by atoms with Crippen LogP contribution in [0.2, 0.25) is 5.02 Å². The fraction of sp³-hybridized carbons (Fsp3) is 0.462. The quantitative estimate of drug-likeness (QED) is 0.824. The van der Waals surface area contributed by atoms with Gasteiger partial charge in [0.2, 0.25) is 0 Å². The highest BCUT2D eigenvalue weighted by atomic mass is 35.5. The first-order valence-corrected chi connectivity index (χ1v) is 6.30. The van der Waals surface area contributed by atoms with Gasteiger partial charge in [0.05, 0.1) is 23.8 Å². The predicted octanol–water partition coefficient (Wildman–Crippen LogP) is 3.62. The van der Waals surface area contributed by atoms with Gasteiger partial charge < -0.3 is 14.6 Å². The Balaban J connectivity index is 3.06. The van der Waals surface area contributed by atoms with Crippen molar-refractivity contribution in [2.45, 2.75) is 26.7 Å². The first kappa shape index (κ1) is 14.6. The number of aromatic carboxylic acids is 1. The normalized spacial score (nSPS) is 10.2.